The summed E-state index contributed by atoms with van der Waals surface area (Å²) in [5, 5.41) is 13.2. The number of nitrogens with zero attached hydrogens (tertiary/aromatic N) is 4. The molecule has 0 amide bonds. The molecule has 0 bridgehead atoms. The third-order valence-corrected chi connectivity index (χ3v) is 2.65. The molecule has 0 saturated heterocycles. The smallest absolute Gasteiger partial charge is 0.138 e. The molecule has 2 rings (SSSR count). The summed E-state index contributed by atoms with van der Waals surface area (Å²) in [5.41, 5.74) is 2.55. The molecule has 0 atom stereocenters. The third-order valence-electron chi connectivity index (χ3n) is 2.65. The standard InChI is InChI=1S/C13H14N4/c1-13(2,3)11-4-5-12(10(6-11)7-14)17-9-15-8-16-17/h4-6,8-9H,1-3H3. The van der Waals surface area contributed by atoms with Crippen LogP contribution in [0.3, 0.4) is 0 Å². The van der Waals surface area contributed by atoms with Gasteiger partial charge < -0.3 is 0 Å². The number of nitriles is 1. The van der Waals surface area contributed by atoms with E-state index in [4.69, 9.17) is 0 Å². The molecule has 0 aliphatic carbocycles. The van der Waals surface area contributed by atoms with Crippen LogP contribution in [0.15, 0.2) is 30.9 Å². The first-order valence-electron chi connectivity index (χ1n) is 5.42. The number of hydrogen-bond donors (Lipinski definition) is 0. The van der Waals surface area contributed by atoms with Gasteiger partial charge in [-0.25, -0.2) is 9.67 Å². The van der Waals surface area contributed by atoms with Crippen LogP contribution >= 0.6 is 0 Å². The molecule has 4 nitrogen and oxygen atoms in total. The highest BCUT2D eigenvalue weighted by Crippen LogP contribution is 2.25. The quantitative estimate of drug-likeness (QED) is 0.750. The van der Waals surface area contributed by atoms with Crippen LogP contribution in [0.1, 0.15) is 31.9 Å². The first kappa shape index (κ1) is 11.3. The van der Waals surface area contributed by atoms with Crippen molar-refractivity contribution in [2.75, 3.05) is 0 Å². The van der Waals surface area contributed by atoms with Crippen molar-refractivity contribution in [3.05, 3.63) is 42.0 Å². The van der Waals surface area contributed by atoms with Crippen molar-refractivity contribution in [3.8, 4) is 11.8 Å². The Bertz CT molecular complexity index is 556. The largest absolute Gasteiger partial charge is 0.223 e. The second-order valence-corrected chi connectivity index (χ2v) is 4.93. The van der Waals surface area contributed by atoms with Gasteiger partial charge >= 0.3 is 0 Å². The van der Waals surface area contributed by atoms with E-state index in [9.17, 15) is 5.26 Å². The molecule has 0 saturated carbocycles. The minimum Gasteiger partial charge on any atom is -0.223 e. The monoisotopic (exact) mass is 226 g/mol. The van der Waals surface area contributed by atoms with E-state index in [-0.39, 0.29) is 5.41 Å². The molecule has 0 radical (unpaired) electrons. The minimum atomic E-state index is 0.0342. The van der Waals surface area contributed by atoms with E-state index in [1.54, 1.807) is 11.0 Å². The van der Waals surface area contributed by atoms with Crippen LogP contribution in [-0.2, 0) is 5.41 Å². The molecule has 4 heteroatoms. The van der Waals surface area contributed by atoms with Crippen LogP contribution in [0.4, 0.5) is 0 Å². The molecule has 0 fully saturated rings. The zero-order chi connectivity index (χ0) is 12.5. The van der Waals surface area contributed by atoms with E-state index in [2.05, 4.69) is 36.9 Å². The average molecular weight is 226 g/mol. The Hall–Kier alpha value is -2.15. The van der Waals surface area contributed by atoms with Gasteiger partial charge in [0.15, 0.2) is 0 Å². The summed E-state index contributed by atoms with van der Waals surface area (Å²) in [6, 6.07) is 8.06. The SMILES string of the molecule is CC(C)(C)c1ccc(-n2cncn2)c(C#N)c1. The molecule has 0 aliphatic heterocycles. The lowest BCUT2D eigenvalue weighted by Gasteiger charge is -2.19. The summed E-state index contributed by atoms with van der Waals surface area (Å²) in [6.07, 6.45) is 3.05. The molecular formula is C13H14N4. The Labute approximate surface area is 101 Å². The molecule has 2 aromatic rings. The van der Waals surface area contributed by atoms with Gasteiger partial charge in [-0.05, 0) is 23.1 Å². The topological polar surface area (TPSA) is 54.5 Å². The van der Waals surface area contributed by atoms with Gasteiger partial charge in [-0.2, -0.15) is 10.4 Å². The van der Waals surface area contributed by atoms with E-state index in [0.717, 1.165) is 11.3 Å². The summed E-state index contributed by atoms with van der Waals surface area (Å²) in [5.74, 6) is 0. The maximum absolute atomic E-state index is 9.20. The van der Waals surface area contributed by atoms with Gasteiger partial charge in [0.05, 0.1) is 11.3 Å². The molecule has 1 heterocycles. The lowest BCUT2D eigenvalue weighted by atomic mass is 9.86. The van der Waals surface area contributed by atoms with E-state index in [0.29, 0.717) is 5.56 Å². The number of rotatable bonds is 1. The summed E-state index contributed by atoms with van der Waals surface area (Å²) in [6.45, 7) is 6.37. The second-order valence-electron chi connectivity index (χ2n) is 4.93. The van der Waals surface area contributed by atoms with E-state index < -0.39 is 0 Å². The number of benzene rings is 1. The highest BCUT2D eigenvalue weighted by Gasteiger charge is 2.16. The Morgan fingerprint density at radius 3 is 2.59 bits per heavy atom. The van der Waals surface area contributed by atoms with Crippen LogP contribution in [0.5, 0.6) is 0 Å². The van der Waals surface area contributed by atoms with Crippen molar-refractivity contribution < 1.29 is 0 Å². The van der Waals surface area contributed by atoms with Gasteiger partial charge in [0.1, 0.15) is 18.7 Å². The predicted octanol–water partition coefficient (Wildman–Crippen LogP) is 2.44. The molecule has 1 aromatic carbocycles. The second kappa shape index (κ2) is 4.02. The Balaban J connectivity index is 2.55. The molecule has 0 spiro atoms. The van der Waals surface area contributed by atoms with Crippen LogP contribution in [0, 0.1) is 11.3 Å². The van der Waals surface area contributed by atoms with Gasteiger partial charge in [0.2, 0.25) is 0 Å². The van der Waals surface area contributed by atoms with Crippen molar-refractivity contribution in [1.82, 2.24) is 14.8 Å². The highest BCUT2D eigenvalue weighted by atomic mass is 15.3. The molecule has 86 valence electrons. The Kier molecular flexibility index (Phi) is 2.68. The van der Waals surface area contributed by atoms with Crippen LogP contribution in [0.2, 0.25) is 0 Å². The van der Waals surface area contributed by atoms with Gasteiger partial charge in [0, 0.05) is 0 Å². The molecular weight excluding hydrogens is 212 g/mol. The fraction of sp³-hybridized carbons (Fsp3) is 0.308. The molecule has 0 aliphatic rings. The van der Waals surface area contributed by atoms with E-state index in [1.165, 1.54) is 6.33 Å². The van der Waals surface area contributed by atoms with E-state index in [1.807, 2.05) is 18.2 Å². The van der Waals surface area contributed by atoms with Gasteiger partial charge in [-0.3, -0.25) is 0 Å². The van der Waals surface area contributed by atoms with Crippen LogP contribution in [0.25, 0.3) is 5.69 Å². The predicted molar refractivity (Wildman–Crippen MR) is 64.8 cm³/mol. The van der Waals surface area contributed by atoms with Gasteiger partial charge in [0.25, 0.3) is 0 Å². The fourth-order valence-electron chi connectivity index (χ4n) is 1.62. The molecule has 0 N–H and O–H groups in total. The molecule has 17 heavy (non-hydrogen) atoms. The van der Waals surface area contributed by atoms with Gasteiger partial charge in [-0.1, -0.05) is 26.8 Å². The van der Waals surface area contributed by atoms with Gasteiger partial charge in [-0.15, -0.1) is 0 Å². The van der Waals surface area contributed by atoms with E-state index >= 15 is 0 Å². The maximum atomic E-state index is 9.20. The lowest BCUT2D eigenvalue weighted by Crippen LogP contribution is -2.12. The van der Waals surface area contributed by atoms with Crippen LogP contribution in [-0.4, -0.2) is 14.8 Å². The molecule has 1 aromatic heterocycles. The summed E-state index contributed by atoms with van der Waals surface area (Å²) in [7, 11) is 0. The van der Waals surface area contributed by atoms with Crippen molar-refractivity contribution in [1.29, 1.82) is 5.26 Å². The number of aromatic nitrogens is 3. The summed E-state index contributed by atoms with van der Waals surface area (Å²) < 4.78 is 1.60. The Morgan fingerprint density at radius 2 is 2.06 bits per heavy atom. The van der Waals surface area contributed by atoms with Crippen molar-refractivity contribution in [2.24, 2.45) is 0 Å². The lowest BCUT2D eigenvalue weighted by molar-refractivity contribution is 0.589. The van der Waals surface area contributed by atoms with Crippen molar-refractivity contribution in [2.45, 2.75) is 26.2 Å². The summed E-state index contributed by atoms with van der Waals surface area (Å²) in [4.78, 5) is 3.89. The maximum Gasteiger partial charge on any atom is 0.138 e. The first-order chi connectivity index (χ1) is 8.02. The fourth-order valence-corrected chi connectivity index (χ4v) is 1.62. The highest BCUT2D eigenvalue weighted by molar-refractivity contribution is 5.51. The molecule has 0 unspecified atom stereocenters. The van der Waals surface area contributed by atoms with Crippen LogP contribution < -0.4 is 0 Å². The zero-order valence-corrected chi connectivity index (χ0v) is 10.2. The normalized spacial score (nSPS) is 11.2. The first-order valence-corrected chi connectivity index (χ1v) is 5.42. The minimum absolute atomic E-state index is 0.0342. The Morgan fingerprint density at radius 1 is 1.29 bits per heavy atom. The number of hydrogen-bond acceptors (Lipinski definition) is 3. The van der Waals surface area contributed by atoms with Crippen molar-refractivity contribution in [3.63, 3.8) is 0 Å². The average Bonchev–Trinajstić information content (AvgIpc) is 2.80. The van der Waals surface area contributed by atoms with Crippen molar-refractivity contribution >= 4 is 0 Å². The summed E-state index contributed by atoms with van der Waals surface area (Å²) >= 11 is 0. The third kappa shape index (κ3) is 2.18. The zero-order valence-electron chi connectivity index (χ0n) is 10.2.